The molecule has 18 heavy (non-hydrogen) atoms. The van der Waals surface area contributed by atoms with Gasteiger partial charge in [0.05, 0.1) is 16.6 Å². The van der Waals surface area contributed by atoms with Gasteiger partial charge in [-0.1, -0.05) is 12.1 Å². The highest BCUT2D eigenvalue weighted by Gasteiger charge is 2.41. The molecule has 1 saturated carbocycles. The molecule has 0 aliphatic heterocycles. The molecule has 3 rings (SSSR count). The minimum Gasteiger partial charge on any atom is -0.389 e. The molecule has 3 N–H and O–H groups in total. The lowest BCUT2D eigenvalue weighted by atomic mass is 9.74. The summed E-state index contributed by atoms with van der Waals surface area (Å²) in [7, 11) is 0. The third-order valence-electron chi connectivity index (χ3n) is 3.82. The van der Waals surface area contributed by atoms with E-state index in [9.17, 15) is 5.11 Å². The van der Waals surface area contributed by atoms with Crippen molar-refractivity contribution in [3.63, 3.8) is 0 Å². The van der Waals surface area contributed by atoms with E-state index in [4.69, 9.17) is 5.73 Å². The van der Waals surface area contributed by atoms with Crippen molar-refractivity contribution in [3.8, 4) is 0 Å². The number of hydrogen-bond acceptors (Lipinski definition) is 3. The molecular formula is C14H19N3O. The van der Waals surface area contributed by atoms with Gasteiger partial charge in [-0.05, 0) is 31.9 Å². The molecule has 0 radical (unpaired) electrons. The zero-order chi connectivity index (χ0) is 12.8. The number of aromatic nitrogens is 2. The van der Waals surface area contributed by atoms with Gasteiger partial charge in [-0.2, -0.15) is 0 Å². The second-order valence-corrected chi connectivity index (χ2v) is 5.33. The highest BCUT2D eigenvalue weighted by atomic mass is 16.3. The van der Waals surface area contributed by atoms with E-state index >= 15 is 0 Å². The summed E-state index contributed by atoms with van der Waals surface area (Å²) in [6.45, 7) is 2.98. The number of para-hydroxylation sites is 2. The van der Waals surface area contributed by atoms with Crippen molar-refractivity contribution in [1.29, 1.82) is 0 Å². The van der Waals surface area contributed by atoms with Gasteiger partial charge in [-0.3, -0.25) is 0 Å². The third kappa shape index (κ3) is 1.82. The maximum Gasteiger partial charge on any atom is 0.112 e. The highest BCUT2D eigenvalue weighted by Crippen LogP contribution is 2.34. The van der Waals surface area contributed by atoms with E-state index in [0.29, 0.717) is 19.3 Å². The lowest BCUT2D eigenvalue weighted by Crippen LogP contribution is -2.53. The number of hydrogen-bond donors (Lipinski definition) is 2. The molecule has 0 unspecified atom stereocenters. The minimum absolute atomic E-state index is 0.148. The average molecular weight is 245 g/mol. The Kier molecular flexibility index (Phi) is 2.64. The van der Waals surface area contributed by atoms with Gasteiger partial charge in [0.2, 0.25) is 0 Å². The molecule has 1 heterocycles. The van der Waals surface area contributed by atoms with Crippen LogP contribution in [-0.2, 0) is 13.0 Å². The number of imidazole rings is 1. The lowest BCUT2D eigenvalue weighted by molar-refractivity contribution is -0.0474. The van der Waals surface area contributed by atoms with Gasteiger partial charge >= 0.3 is 0 Å². The first-order chi connectivity index (χ1) is 8.61. The number of benzene rings is 1. The van der Waals surface area contributed by atoms with Crippen LogP contribution < -0.4 is 5.73 Å². The SMILES string of the molecule is CCn1c(CC2(O)CC(N)C2)nc2ccccc21. The Balaban J connectivity index is 1.96. The smallest absolute Gasteiger partial charge is 0.112 e. The third-order valence-corrected chi connectivity index (χ3v) is 3.82. The Labute approximate surface area is 106 Å². The zero-order valence-corrected chi connectivity index (χ0v) is 10.6. The number of nitrogens with two attached hydrogens (primary N) is 1. The molecule has 1 aliphatic carbocycles. The summed E-state index contributed by atoms with van der Waals surface area (Å²) in [6.07, 6.45) is 1.96. The number of fused-ring (bicyclic) bond motifs is 1. The van der Waals surface area contributed by atoms with Crippen LogP contribution in [0.3, 0.4) is 0 Å². The zero-order valence-electron chi connectivity index (χ0n) is 10.6. The molecule has 1 fully saturated rings. The van der Waals surface area contributed by atoms with E-state index < -0.39 is 5.60 Å². The highest BCUT2D eigenvalue weighted by molar-refractivity contribution is 5.75. The molecule has 0 amide bonds. The fourth-order valence-electron chi connectivity index (χ4n) is 2.97. The lowest BCUT2D eigenvalue weighted by Gasteiger charge is -2.41. The maximum atomic E-state index is 10.3. The minimum atomic E-state index is -0.645. The molecule has 0 spiro atoms. The Morgan fingerprint density at radius 3 is 2.83 bits per heavy atom. The molecule has 1 aromatic heterocycles. The Morgan fingerprint density at radius 2 is 2.17 bits per heavy atom. The summed E-state index contributed by atoms with van der Waals surface area (Å²) in [5.74, 6) is 0.966. The Hall–Kier alpha value is -1.39. The second-order valence-electron chi connectivity index (χ2n) is 5.33. The molecule has 0 atom stereocenters. The molecule has 0 saturated heterocycles. The van der Waals surface area contributed by atoms with Gasteiger partial charge in [-0.25, -0.2) is 4.98 Å². The summed E-state index contributed by atoms with van der Waals surface area (Å²) in [6, 6.07) is 8.25. The van der Waals surface area contributed by atoms with Crippen molar-refractivity contribution >= 4 is 11.0 Å². The quantitative estimate of drug-likeness (QED) is 0.860. The van der Waals surface area contributed by atoms with Gasteiger partial charge in [0, 0.05) is 19.0 Å². The summed E-state index contributed by atoms with van der Waals surface area (Å²) in [5.41, 5.74) is 7.26. The predicted octanol–water partition coefficient (Wildman–Crippen LogP) is 1.45. The molecule has 1 aromatic carbocycles. The largest absolute Gasteiger partial charge is 0.389 e. The second kappa shape index (κ2) is 4.07. The fraction of sp³-hybridized carbons (Fsp3) is 0.500. The van der Waals surface area contributed by atoms with Crippen LogP contribution >= 0.6 is 0 Å². The maximum absolute atomic E-state index is 10.3. The van der Waals surface area contributed by atoms with Crippen LogP contribution in [0.5, 0.6) is 0 Å². The number of rotatable bonds is 3. The van der Waals surface area contributed by atoms with Gasteiger partial charge in [-0.15, -0.1) is 0 Å². The van der Waals surface area contributed by atoms with E-state index in [-0.39, 0.29) is 6.04 Å². The van der Waals surface area contributed by atoms with Crippen LogP contribution in [0.4, 0.5) is 0 Å². The van der Waals surface area contributed by atoms with Crippen molar-refractivity contribution in [3.05, 3.63) is 30.1 Å². The normalized spacial score (nSPS) is 27.4. The van der Waals surface area contributed by atoms with E-state index in [1.807, 2.05) is 18.2 Å². The van der Waals surface area contributed by atoms with Crippen LogP contribution in [0, 0.1) is 0 Å². The Bertz CT molecular complexity index is 569. The van der Waals surface area contributed by atoms with Crippen molar-refractivity contribution in [2.24, 2.45) is 5.73 Å². The molecule has 4 heteroatoms. The Morgan fingerprint density at radius 1 is 1.44 bits per heavy atom. The first-order valence-electron chi connectivity index (χ1n) is 6.53. The van der Waals surface area contributed by atoms with Crippen LogP contribution in [-0.4, -0.2) is 26.3 Å². The van der Waals surface area contributed by atoms with Crippen molar-refractivity contribution in [2.75, 3.05) is 0 Å². The average Bonchev–Trinajstić information content (AvgIpc) is 2.63. The first kappa shape index (κ1) is 11.7. The topological polar surface area (TPSA) is 64.1 Å². The molecular weight excluding hydrogens is 226 g/mol. The van der Waals surface area contributed by atoms with Crippen molar-refractivity contribution < 1.29 is 5.11 Å². The summed E-state index contributed by atoms with van der Waals surface area (Å²) < 4.78 is 2.18. The van der Waals surface area contributed by atoms with Crippen LogP contribution in [0.1, 0.15) is 25.6 Å². The predicted molar refractivity (Wildman–Crippen MR) is 71.3 cm³/mol. The van der Waals surface area contributed by atoms with Crippen LogP contribution in [0.2, 0.25) is 0 Å². The molecule has 0 bridgehead atoms. The van der Waals surface area contributed by atoms with E-state index in [1.54, 1.807) is 0 Å². The molecule has 1 aliphatic rings. The fourth-order valence-corrected chi connectivity index (χ4v) is 2.97. The van der Waals surface area contributed by atoms with Gasteiger partial charge in [0.25, 0.3) is 0 Å². The number of aliphatic hydroxyl groups is 1. The van der Waals surface area contributed by atoms with Gasteiger partial charge in [0.15, 0.2) is 0 Å². The number of nitrogens with zero attached hydrogens (tertiary/aromatic N) is 2. The van der Waals surface area contributed by atoms with E-state index in [1.165, 1.54) is 0 Å². The molecule has 96 valence electrons. The van der Waals surface area contributed by atoms with E-state index in [2.05, 4.69) is 22.5 Å². The van der Waals surface area contributed by atoms with Crippen LogP contribution in [0.25, 0.3) is 11.0 Å². The first-order valence-corrected chi connectivity index (χ1v) is 6.53. The van der Waals surface area contributed by atoms with E-state index in [0.717, 1.165) is 23.4 Å². The number of aryl methyl sites for hydroxylation is 1. The molecule has 2 aromatic rings. The van der Waals surface area contributed by atoms with Gasteiger partial charge < -0.3 is 15.4 Å². The van der Waals surface area contributed by atoms with Crippen molar-refractivity contribution in [1.82, 2.24) is 9.55 Å². The summed E-state index contributed by atoms with van der Waals surface area (Å²) >= 11 is 0. The monoisotopic (exact) mass is 245 g/mol. The summed E-state index contributed by atoms with van der Waals surface area (Å²) in [5, 5.41) is 10.3. The standard InChI is InChI=1S/C14H19N3O/c1-2-17-12-6-4-3-5-11(12)16-13(17)9-14(18)7-10(15)8-14/h3-6,10,18H,2,7-9,15H2,1H3. The molecule has 4 nitrogen and oxygen atoms in total. The van der Waals surface area contributed by atoms with Gasteiger partial charge in [0.1, 0.15) is 5.82 Å². The van der Waals surface area contributed by atoms with Crippen LogP contribution in [0.15, 0.2) is 24.3 Å². The van der Waals surface area contributed by atoms with Crippen molar-refractivity contribution in [2.45, 2.75) is 44.4 Å². The summed E-state index contributed by atoms with van der Waals surface area (Å²) in [4.78, 5) is 4.64.